The number of carbonyl (C=O) groups is 1. The molecule has 0 saturated carbocycles. The normalized spacial score (nSPS) is 26.4. The van der Waals surface area contributed by atoms with Gasteiger partial charge in [-0.3, -0.25) is 4.79 Å². The van der Waals surface area contributed by atoms with Gasteiger partial charge in [-0.25, -0.2) is 0 Å². The molecular weight excluding hydrogens is 254 g/mol. The Labute approximate surface area is 117 Å². The van der Waals surface area contributed by atoms with Crippen molar-refractivity contribution in [3.63, 3.8) is 0 Å². The molecule has 2 nitrogen and oxygen atoms in total. The number of carbonyl (C=O) groups excluding carboxylic acids is 1. The van der Waals surface area contributed by atoms with Crippen molar-refractivity contribution in [3.05, 3.63) is 57.8 Å². The van der Waals surface area contributed by atoms with E-state index in [4.69, 9.17) is 0 Å². The Morgan fingerprint density at radius 2 is 1.95 bits per heavy atom. The summed E-state index contributed by atoms with van der Waals surface area (Å²) in [5.41, 5.74) is 1.04. The van der Waals surface area contributed by atoms with E-state index in [0.29, 0.717) is 6.42 Å². The summed E-state index contributed by atoms with van der Waals surface area (Å²) in [6.45, 7) is 4.30. The molecule has 1 aliphatic rings. The quantitative estimate of drug-likeness (QED) is 0.888. The molecule has 1 fully saturated rings. The van der Waals surface area contributed by atoms with Crippen LogP contribution < -0.4 is 5.32 Å². The average molecular weight is 271 g/mol. The van der Waals surface area contributed by atoms with Crippen molar-refractivity contribution in [1.29, 1.82) is 0 Å². The zero-order chi connectivity index (χ0) is 13.5. The lowest BCUT2D eigenvalue weighted by Crippen LogP contribution is -2.29. The second-order valence-electron chi connectivity index (χ2n) is 5.42. The van der Waals surface area contributed by atoms with Gasteiger partial charge in [0.1, 0.15) is 0 Å². The number of thiophene rings is 1. The number of hydrogen-bond acceptors (Lipinski definition) is 2. The second-order valence-corrected chi connectivity index (χ2v) is 6.70. The number of amides is 1. The Morgan fingerprint density at radius 3 is 2.58 bits per heavy atom. The zero-order valence-electron chi connectivity index (χ0n) is 11.1. The van der Waals surface area contributed by atoms with Crippen LogP contribution in [0.1, 0.15) is 34.7 Å². The standard InChI is InChI=1S/C16H17NOS/c1-11-8-9-13(19-11)16(2)10-14(18)17-15(16)12-6-4-3-5-7-12/h3-9,15H,10H2,1-2H3,(H,17,18). The lowest BCUT2D eigenvalue weighted by Gasteiger charge is -2.29. The fraction of sp³-hybridized carbons (Fsp3) is 0.312. The maximum atomic E-state index is 11.9. The van der Waals surface area contributed by atoms with Gasteiger partial charge in [0.25, 0.3) is 0 Å². The number of aryl methyl sites for hydroxylation is 1. The van der Waals surface area contributed by atoms with E-state index in [1.807, 2.05) is 18.2 Å². The fourth-order valence-corrected chi connectivity index (χ4v) is 3.92. The first-order valence-electron chi connectivity index (χ1n) is 6.51. The molecule has 98 valence electrons. The summed E-state index contributed by atoms with van der Waals surface area (Å²) in [5.74, 6) is 0.141. The molecule has 0 aliphatic carbocycles. The molecule has 1 aromatic heterocycles. The Kier molecular flexibility index (Phi) is 2.94. The van der Waals surface area contributed by atoms with E-state index in [2.05, 4.69) is 43.4 Å². The number of hydrogen-bond donors (Lipinski definition) is 1. The molecule has 1 amide bonds. The Morgan fingerprint density at radius 1 is 1.21 bits per heavy atom. The first-order valence-corrected chi connectivity index (χ1v) is 7.32. The van der Waals surface area contributed by atoms with Crippen LogP contribution in [0.15, 0.2) is 42.5 Å². The van der Waals surface area contributed by atoms with E-state index in [1.54, 1.807) is 11.3 Å². The highest BCUT2D eigenvalue weighted by molar-refractivity contribution is 7.12. The third-order valence-electron chi connectivity index (χ3n) is 3.91. The van der Waals surface area contributed by atoms with Crippen molar-refractivity contribution in [2.24, 2.45) is 0 Å². The first-order chi connectivity index (χ1) is 9.09. The van der Waals surface area contributed by atoms with Gasteiger partial charge in [0.05, 0.1) is 6.04 Å². The molecule has 2 unspecified atom stereocenters. The monoisotopic (exact) mass is 271 g/mol. The van der Waals surface area contributed by atoms with E-state index in [1.165, 1.54) is 15.3 Å². The molecule has 2 heterocycles. The second kappa shape index (κ2) is 4.49. The van der Waals surface area contributed by atoms with Crippen molar-refractivity contribution in [2.75, 3.05) is 0 Å². The van der Waals surface area contributed by atoms with Crippen molar-refractivity contribution in [3.8, 4) is 0 Å². The molecule has 3 heteroatoms. The molecule has 3 rings (SSSR count). The largest absolute Gasteiger partial charge is 0.348 e. The summed E-state index contributed by atoms with van der Waals surface area (Å²) in [4.78, 5) is 14.5. The minimum Gasteiger partial charge on any atom is -0.348 e. The van der Waals surface area contributed by atoms with Gasteiger partial charge in [0.2, 0.25) is 5.91 Å². The summed E-state index contributed by atoms with van der Waals surface area (Å²) in [5, 5.41) is 3.14. The van der Waals surface area contributed by atoms with Gasteiger partial charge in [-0.1, -0.05) is 37.3 Å². The zero-order valence-corrected chi connectivity index (χ0v) is 12.0. The number of benzene rings is 1. The van der Waals surface area contributed by atoms with Crippen LogP contribution in [0.2, 0.25) is 0 Å². The maximum absolute atomic E-state index is 11.9. The van der Waals surface area contributed by atoms with Crippen molar-refractivity contribution >= 4 is 17.2 Å². The molecular formula is C16H17NOS. The van der Waals surface area contributed by atoms with Crippen molar-refractivity contribution < 1.29 is 4.79 Å². The molecule has 1 aliphatic heterocycles. The smallest absolute Gasteiger partial charge is 0.221 e. The van der Waals surface area contributed by atoms with Crippen LogP contribution in [0, 0.1) is 6.92 Å². The summed E-state index contributed by atoms with van der Waals surface area (Å²) in [6.07, 6.45) is 0.562. The Hall–Kier alpha value is -1.61. The van der Waals surface area contributed by atoms with Gasteiger partial charge >= 0.3 is 0 Å². The summed E-state index contributed by atoms with van der Waals surface area (Å²) < 4.78 is 0. The number of nitrogens with one attached hydrogen (secondary N) is 1. The number of rotatable bonds is 2. The summed E-state index contributed by atoms with van der Waals surface area (Å²) in [6, 6.07) is 14.6. The lowest BCUT2D eigenvalue weighted by atomic mass is 9.78. The van der Waals surface area contributed by atoms with Crippen LogP contribution in [0.4, 0.5) is 0 Å². The van der Waals surface area contributed by atoms with Crippen LogP contribution in [0.5, 0.6) is 0 Å². The van der Waals surface area contributed by atoms with Gasteiger partial charge in [-0.2, -0.15) is 0 Å². The molecule has 0 radical (unpaired) electrons. The molecule has 0 spiro atoms. The predicted molar refractivity (Wildman–Crippen MR) is 78.4 cm³/mol. The summed E-state index contributed by atoms with van der Waals surface area (Å²) >= 11 is 1.79. The highest BCUT2D eigenvalue weighted by Gasteiger charge is 2.45. The molecule has 0 bridgehead atoms. The van der Waals surface area contributed by atoms with Gasteiger partial charge in [-0.05, 0) is 24.6 Å². The Bertz CT molecular complexity index is 604. The van der Waals surface area contributed by atoms with Crippen LogP contribution in [-0.2, 0) is 10.2 Å². The van der Waals surface area contributed by atoms with E-state index >= 15 is 0 Å². The first kappa shape index (κ1) is 12.4. The van der Waals surface area contributed by atoms with Crippen molar-refractivity contribution in [2.45, 2.75) is 31.7 Å². The summed E-state index contributed by atoms with van der Waals surface area (Å²) in [7, 11) is 0. The van der Waals surface area contributed by atoms with E-state index in [0.717, 1.165) is 0 Å². The van der Waals surface area contributed by atoms with E-state index < -0.39 is 0 Å². The van der Waals surface area contributed by atoms with Crippen LogP contribution in [0.3, 0.4) is 0 Å². The maximum Gasteiger partial charge on any atom is 0.221 e. The minimum atomic E-state index is -0.142. The highest BCUT2D eigenvalue weighted by Crippen LogP contribution is 2.46. The Balaban J connectivity index is 2.05. The molecule has 1 aromatic carbocycles. The highest BCUT2D eigenvalue weighted by atomic mass is 32.1. The molecule has 2 atom stereocenters. The predicted octanol–water partition coefficient (Wildman–Crippen LogP) is 3.58. The van der Waals surface area contributed by atoms with Crippen LogP contribution in [0.25, 0.3) is 0 Å². The van der Waals surface area contributed by atoms with Gasteiger partial charge in [0, 0.05) is 21.6 Å². The van der Waals surface area contributed by atoms with Gasteiger partial charge in [0.15, 0.2) is 0 Å². The van der Waals surface area contributed by atoms with E-state index in [9.17, 15) is 4.79 Å². The van der Waals surface area contributed by atoms with Crippen LogP contribution >= 0.6 is 11.3 Å². The van der Waals surface area contributed by atoms with E-state index in [-0.39, 0.29) is 17.4 Å². The lowest BCUT2D eigenvalue weighted by molar-refractivity contribution is -0.119. The van der Waals surface area contributed by atoms with Crippen molar-refractivity contribution in [1.82, 2.24) is 5.32 Å². The molecule has 2 aromatic rings. The molecule has 1 saturated heterocycles. The fourth-order valence-electron chi connectivity index (χ4n) is 2.87. The van der Waals surface area contributed by atoms with Gasteiger partial charge in [-0.15, -0.1) is 11.3 Å². The van der Waals surface area contributed by atoms with Crippen LogP contribution in [-0.4, -0.2) is 5.91 Å². The molecule has 19 heavy (non-hydrogen) atoms. The topological polar surface area (TPSA) is 29.1 Å². The molecule has 1 N–H and O–H groups in total. The third kappa shape index (κ3) is 2.08. The SMILES string of the molecule is Cc1ccc(C2(C)CC(=O)NC2c2ccccc2)s1. The van der Waals surface area contributed by atoms with Gasteiger partial charge < -0.3 is 5.32 Å². The minimum absolute atomic E-state index is 0.0687. The average Bonchev–Trinajstić information content (AvgIpc) is 2.95. The third-order valence-corrected chi connectivity index (χ3v) is 5.19.